The molecule has 9 nitrogen and oxygen atoms in total. The van der Waals surface area contributed by atoms with Gasteiger partial charge in [-0.1, -0.05) is 17.3 Å². The minimum absolute atomic E-state index is 0.254. The highest BCUT2D eigenvalue weighted by atomic mass is 19.1. The number of rotatable bonds is 8. The van der Waals surface area contributed by atoms with Gasteiger partial charge in [-0.3, -0.25) is 9.20 Å². The van der Waals surface area contributed by atoms with Crippen LogP contribution in [0.15, 0.2) is 53.6 Å². The van der Waals surface area contributed by atoms with Crippen molar-refractivity contribution < 1.29 is 18.4 Å². The lowest BCUT2D eigenvalue weighted by molar-refractivity contribution is 0.102. The Morgan fingerprint density at radius 3 is 2.73 bits per heavy atom. The van der Waals surface area contributed by atoms with Gasteiger partial charge in [-0.15, -0.1) is 0 Å². The van der Waals surface area contributed by atoms with Crippen molar-refractivity contribution >= 4 is 17.2 Å². The van der Waals surface area contributed by atoms with Crippen LogP contribution in [0.1, 0.15) is 48.2 Å². The summed E-state index contributed by atoms with van der Waals surface area (Å²) in [6, 6.07) is 9.34. The Bertz CT molecular complexity index is 1330. The van der Waals surface area contributed by atoms with Gasteiger partial charge in [0, 0.05) is 30.1 Å². The van der Waals surface area contributed by atoms with Crippen LogP contribution in [0.2, 0.25) is 0 Å². The molecule has 2 aliphatic rings. The number of fused-ring (bicyclic) bond motifs is 1. The first kappa shape index (κ1) is 24.9. The Morgan fingerprint density at radius 2 is 2.00 bits per heavy atom. The Hall–Kier alpha value is -3.79. The lowest BCUT2D eigenvalue weighted by Gasteiger charge is -2.14. The van der Waals surface area contributed by atoms with Crippen molar-refractivity contribution in [1.29, 1.82) is 0 Å². The van der Waals surface area contributed by atoms with Gasteiger partial charge in [0.2, 0.25) is 12.2 Å². The van der Waals surface area contributed by atoms with Crippen molar-refractivity contribution in [3.63, 3.8) is 0 Å². The van der Waals surface area contributed by atoms with Gasteiger partial charge in [-0.25, -0.2) is 9.37 Å². The molecule has 2 fully saturated rings. The molecule has 3 aromatic heterocycles. The monoisotopic (exact) mass is 506 g/mol. The summed E-state index contributed by atoms with van der Waals surface area (Å²) >= 11 is 0. The first-order chi connectivity index (χ1) is 18.1. The van der Waals surface area contributed by atoms with Crippen LogP contribution in [0, 0.1) is 6.92 Å². The number of aryl methyl sites for hydroxylation is 1. The van der Waals surface area contributed by atoms with E-state index in [2.05, 4.69) is 25.3 Å². The fraction of sp³-hybridized carbons (Fsp3) is 0.407. The molecule has 1 aliphatic heterocycles. The predicted molar refractivity (Wildman–Crippen MR) is 138 cm³/mol. The highest BCUT2D eigenvalue weighted by Crippen LogP contribution is 2.24. The van der Waals surface area contributed by atoms with Gasteiger partial charge in [0.05, 0.1) is 12.8 Å². The maximum Gasteiger partial charge on any atom is 0.274 e. The average Bonchev–Trinajstić information content (AvgIpc) is 3.36. The van der Waals surface area contributed by atoms with Crippen molar-refractivity contribution in [2.45, 2.75) is 45.2 Å². The predicted octanol–water partition coefficient (Wildman–Crippen LogP) is 4.93. The molecule has 10 heteroatoms. The summed E-state index contributed by atoms with van der Waals surface area (Å²) in [7, 11) is 0. The zero-order valence-electron chi connectivity index (χ0n) is 20.9. The lowest BCUT2D eigenvalue weighted by atomic mass is 10.1. The van der Waals surface area contributed by atoms with Gasteiger partial charge in [0.25, 0.3) is 5.91 Å². The molecule has 194 valence electrons. The van der Waals surface area contributed by atoms with Crippen molar-refractivity contribution in [2.75, 3.05) is 31.6 Å². The Labute approximate surface area is 214 Å². The number of benzene rings is 1. The molecule has 0 radical (unpaired) electrons. The van der Waals surface area contributed by atoms with Gasteiger partial charge in [0.15, 0.2) is 0 Å². The second-order valence-electron chi connectivity index (χ2n) is 9.40. The van der Waals surface area contributed by atoms with E-state index in [0.29, 0.717) is 29.5 Å². The van der Waals surface area contributed by atoms with E-state index in [9.17, 15) is 9.18 Å². The van der Waals surface area contributed by atoms with Gasteiger partial charge in [-0.2, -0.15) is 4.98 Å². The van der Waals surface area contributed by atoms with Crippen LogP contribution in [0.3, 0.4) is 0 Å². The topological polar surface area (TPSA) is 97.8 Å². The molecule has 1 aliphatic carbocycles. The number of ether oxygens (including phenoxy) is 1. The number of halogens is 1. The maximum atomic E-state index is 13.0. The van der Waals surface area contributed by atoms with Crippen molar-refractivity contribution in [2.24, 2.45) is 0 Å². The summed E-state index contributed by atoms with van der Waals surface area (Å²) in [4.78, 5) is 23.9. The Morgan fingerprint density at radius 1 is 1.19 bits per heavy atom. The average molecular weight is 507 g/mol. The van der Waals surface area contributed by atoms with Crippen LogP contribution in [-0.2, 0) is 0 Å². The molecule has 0 bridgehead atoms. The molecule has 4 aromatic rings. The van der Waals surface area contributed by atoms with Crippen molar-refractivity contribution in [3.05, 3.63) is 60.4 Å². The van der Waals surface area contributed by atoms with Crippen LogP contribution in [0.4, 0.5) is 10.1 Å². The Balaban J connectivity index is 0.000000640. The first-order valence-corrected chi connectivity index (χ1v) is 12.7. The zero-order valence-corrected chi connectivity index (χ0v) is 20.9. The standard InChI is InChI=1S/C24H26N6O3.C3H5F/c1-17-5-6-18(23-26-16-33-28-23)13-20(17)27-24(31)21-15-25-22-14-19(7-11-30(21)22)32-12-4-10-29-8-2-3-9-29;4-3-1-2-3/h5-7,11,13-16H,2-4,8-10,12H2,1H3,(H,27,31);3H,1-2H2. The normalized spacial score (nSPS) is 15.4. The van der Waals surface area contributed by atoms with Crippen LogP contribution >= 0.6 is 0 Å². The number of hydrogen-bond acceptors (Lipinski definition) is 7. The fourth-order valence-corrected chi connectivity index (χ4v) is 4.15. The highest BCUT2D eigenvalue weighted by molar-refractivity contribution is 6.04. The number of hydrogen-bond donors (Lipinski definition) is 1. The van der Waals surface area contributed by atoms with Crippen LogP contribution in [0.25, 0.3) is 17.0 Å². The molecule has 1 aromatic carbocycles. The third-order valence-corrected chi connectivity index (χ3v) is 6.42. The van der Waals surface area contributed by atoms with E-state index < -0.39 is 6.17 Å². The third-order valence-electron chi connectivity index (χ3n) is 6.42. The molecule has 1 amide bonds. The highest BCUT2D eigenvalue weighted by Gasteiger charge is 2.18. The quantitative estimate of drug-likeness (QED) is 0.339. The van der Waals surface area contributed by atoms with E-state index in [4.69, 9.17) is 9.26 Å². The minimum atomic E-state index is -0.417. The van der Waals surface area contributed by atoms with Gasteiger partial charge >= 0.3 is 0 Å². The second-order valence-corrected chi connectivity index (χ2v) is 9.40. The van der Waals surface area contributed by atoms with E-state index in [-0.39, 0.29) is 5.91 Å². The molecular formula is C27H31FN6O3. The van der Waals surface area contributed by atoms with Gasteiger partial charge in [0.1, 0.15) is 23.3 Å². The number of anilines is 1. The lowest BCUT2D eigenvalue weighted by Crippen LogP contribution is -2.21. The minimum Gasteiger partial charge on any atom is -0.493 e. The fourth-order valence-electron chi connectivity index (χ4n) is 4.15. The SMILES string of the molecule is Cc1ccc(-c2ncon2)cc1NC(=O)c1cnc2cc(OCCCN3CCCC3)ccn12.FC1CC1. The number of aromatic nitrogens is 4. The number of likely N-dealkylation sites (tertiary alicyclic amines) is 1. The molecular weight excluding hydrogens is 475 g/mol. The molecule has 1 saturated carbocycles. The number of carbonyl (C=O) groups is 1. The smallest absolute Gasteiger partial charge is 0.274 e. The number of carbonyl (C=O) groups excluding carboxylic acids is 1. The number of amides is 1. The molecule has 37 heavy (non-hydrogen) atoms. The van der Waals surface area contributed by atoms with Gasteiger partial charge in [-0.05, 0) is 69.8 Å². The third kappa shape index (κ3) is 6.51. The zero-order chi connectivity index (χ0) is 25.6. The van der Waals surface area contributed by atoms with Crippen molar-refractivity contribution in [3.8, 4) is 17.1 Å². The summed E-state index contributed by atoms with van der Waals surface area (Å²) in [5.41, 5.74) is 3.46. The second kappa shape index (κ2) is 11.5. The van der Waals surface area contributed by atoms with E-state index >= 15 is 0 Å². The number of alkyl halides is 1. The van der Waals surface area contributed by atoms with E-state index in [1.807, 2.05) is 43.5 Å². The maximum absolute atomic E-state index is 13.0. The molecule has 6 rings (SSSR count). The van der Waals surface area contributed by atoms with Crippen LogP contribution < -0.4 is 10.1 Å². The summed E-state index contributed by atoms with van der Waals surface area (Å²) in [5.74, 6) is 0.966. The summed E-state index contributed by atoms with van der Waals surface area (Å²) in [5, 5.41) is 6.82. The van der Waals surface area contributed by atoms with Crippen LogP contribution in [0.5, 0.6) is 5.75 Å². The molecule has 0 atom stereocenters. The summed E-state index contributed by atoms with van der Waals surface area (Å²) in [6.45, 7) is 6.06. The summed E-state index contributed by atoms with van der Waals surface area (Å²) < 4.78 is 23.6. The number of nitrogens with one attached hydrogen (secondary N) is 1. The molecule has 1 saturated heterocycles. The van der Waals surface area contributed by atoms with Crippen LogP contribution in [-0.4, -0.2) is 62.7 Å². The molecule has 4 heterocycles. The van der Waals surface area contributed by atoms with Gasteiger partial charge < -0.3 is 19.5 Å². The van der Waals surface area contributed by atoms with Crippen molar-refractivity contribution in [1.82, 2.24) is 24.4 Å². The largest absolute Gasteiger partial charge is 0.493 e. The number of pyridine rings is 1. The Kier molecular flexibility index (Phi) is 7.74. The number of imidazole rings is 1. The van der Waals surface area contributed by atoms with E-state index in [1.165, 1.54) is 32.3 Å². The van der Waals surface area contributed by atoms with E-state index in [0.717, 1.165) is 42.7 Å². The number of nitrogens with zero attached hydrogens (tertiary/aromatic N) is 5. The van der Waals surface area contributed by atoms with E-state index in [1.54, 1.807) is 10.6 Å². The summed E-state index contributed by atoms with van der Waals surface area (Å²) in [6.07, 6.45) is 9.48. The molecule has 1 N–H and O–H groups in total. The molecule has 0 spiro atoms. The first-order valence-electron chi connectivity index (χ1n) is 12.7. The molecule has 0 unspecified atom stereocenters.